The van der Waals surface area contributed by atoms with E-state index in [1.54, 1.807) is 0 Å². The van der Waals surface area contributed by atoms with Gasteiger partial charge in [-0.25, -0.2) is 0 Å². The fourth-order valence-electron chi connectivity index (χ4n) is 4.28. The molecule has 2 rings (SSSR count). The second kappa shape index (κ2) is 7.14. The second-order valence-corrected chi connectivity index (χ2v) is 7.63. The highest BCUT2D eigenvalue weighted by Gasteiger charge is 2.44. The molecule has 0 aromatic carbocycles. The van der Waals surface area contributed by atoms with Crippen molar-refractivity contribution in [1.29, 1.82) is 0 Å². The van der Waals surface area contributed by atoms with Gasteiger partial charge in [0.1, 0.15) is 0 Å². The van der Waals surface area contributed by atoms with E-state index in [1.807, 2.05) is 0 Å². The summed E-state index contributed by atoms with van der Waals surface area (Å²) in [6, 6.07) is 0. The lowest BCUT2D eigenvalue weighted by molar-refractivity contribution is 0.0219. The van der Waals surface area contributed by atoms with Crippen molar-refractivity contribution in [2.75, 3.05) is 0 Å². The number of hydrogen-bond donors (Lipinski definition) is 2. The summed E-state index contributed by atoms with van der Waals surface area (Å²) in [5.74, 6) is 0.925. The van der Waals surface area contributed by atoms with E-state index in [0.29, 0.717) is 12.3 Å². The number of rotatable bonds is 4. The van der Waals surface area contributed by atoms with Gasteiger partial charge >= 0.3 is 0 Å². The van der Waals surface area contributed by atoms with Crippen molar-refractivity contribution in [3.05, 3.63) is 35.5 Å². The second-order valence-electron chi connectivity index (χ2n) is 7.63. The van der Waals surface area contributed by atoms with Gasteiger partial charge in [0.05, 0.1) is 12.2 Å². The van der Waals surface area contributed by atoms with Gasteiger partial charge in [0.15, 0.2) is 0 Å². The summed E-state index contributed by atoms with van der Waals surface area (Å²) in [7, 11) is 0. The van der Waals surface area contributed by atoms with Crippen LogP contribution in [0.3, 0.4) is 0 Å². The normalized spacial score (nSPS) is 36.4. The molecule has 1 saturated carbocycles. The first kappa shape index (κ1) is 17.5. The molecule has 0 bridgehead atoms. The molecule has 2 N–H and O–H groups in total. The van der Waals surface area contributed by atoms with E-state index in [4.69, 9.17) is 0 Å². The third-order valence-corrected chi connectivity index (χ3v) is 5.76. The third-order valence-electron chi connectivity index (χ3n) is 5.76. The van der Waals surface area contributed by atoms with Crippen LogP contribution < -0.4 is 0 Å². The zero-order valence-electron chi connectivity index (χ0n) is 14.5. The van der Waals surface area contributed by atoms with E-state index in [-0.39, 0.29) is 23.9 Å². The van der Waals surface area contributed by atoms with Crippen LogP contribution in [-0.2, 0) is 0 Å². The molecule has 124 valence electrons. The van der Waals surface area contributed by atoms with Crippen molar-refractivity contribution in [2.45, 2.75) is 65.6 Å². The standard InChI is InChI=1S/C20H32O2/c1-12(2)7-6-8-13(3)17-11-18(21)15(5)16-10-9-14(4)19(16)20(17)22/h7,9,13,16-22H,5-6,8,10-11H2,1-4H3/t13?,16-,17?,18?,19+,20?/m0/s1. The van der Waals surface area contributed by atoms with Crippen molar-refractivity contribution in [3.8, 4) is 0 Å². The topological polar surface area (TPSA) is 40.5 Å². The Morgan fingerprint density at radius 1 is 1.41 bits per heavy atom. The number of allylic oxidation sites excluding steroid dienone is 3. The minimum atomic E-state index is -0.472. The SMILES string of the molecule is C=C1C(O)CC(C(C)CCC=C(C)C)C(O)[C@@H]2C(C)=CC[C@@H]12. The highest BCUT2D eigenvalue weighted by molar-refractivity contribution is 5.26. The molecule has 4 unspecified atom stereocenters. The van der Waals surface area contributed by atoms with Crippen LogP contribution in [0.15, 0.2) is 35.5 Å². The van der Waals surface area contributed by atoms with Gasteiger partial charge in [-0.05, 0) is 69.8 Å². The quantitative estimate of drug-likeness (QED) is 0.762. The predicted molar refractivity (Wildman–Crippen MR) is 92.4 cm³/mol. The molecule has 2 aliphatic carbocycles. The molecule has 0 saturated heterocycles. The highest BCUT2D eigenvalue weighted by atomic mass is 16.3. The Balaban J connectivity index is 2.14. The Bertz CT molecular complexity index is 470. The smallest absolute Gasteiger partial charge is 0.0754 e. The van der Waals surface area contributed by atoms with Crippen LogP contribution in [0.4, 0.5) is 0 Å². The van der Waals surface area contributed by atoms with Crippen molar-refractivity contribution in [2.24, 2.45) is 23.7 Å². The van der Waals surface area contributed by atoms with Crippen LogP contribution in [0.2, 0.25) is 0 Å². The summed E-state index contributed by atoms with van der Waals surface area (Å²) in [6.07, 6.45) is 7.32. The first-order valence-corrected chi connectivity index (χ1v) is 8.67. The Labute approximate surface area is 135 Å². The van der Waals surface area contributed by atoms with Crippen LogP contribution >= 0.6 is 0 Å². The van der Waals surface area contributed by atoms with Gasteiger partial charge in [-0.15, -0.1) is 0 Å². The highest BCUT2D eigenvalue weighted by Crippen LogP contribution is 2.47. The monoisotopic (exact) mass is 304 g/mol. The van der Waals surface area contributed by atoms with Crippen LogP contribution in [0.1, 0.15) is 53.4 Å². The van der Waals surface area contributed by atoms with Crippen molar-refractivity contribution in [1.82, 2.24) is 0 Å². The Morgan fingerprint density at radius 2 is 2.09 bits per heavy atom. The molecule has 0 aromatic heterocycles. The van der Waals surface area contributed by atoms with E-state index in [9.17, 15) is 10.2 Å². The number of aliphatic hydroxyl groups excluding tert-OH is 2. The molecular weight excluding hydrogens is 272 g/mol. The summed E-state index contributed by atoms with van der Waals surface area (Å²) >= 11 is 0. The summed E-state index contributed by atoms with van der Waals surface area (Å²) in [5, 5.41) is 21.5. The minimum absolute atomic E-state index is 0.147. The van der Waals surface area contributed by atoms with Gasteiger partial charge < -0.3 is 10.2 Å². The van der Waals surface area contributed by atoms with Crippen molar-refractivity contribution in [3.63, 3.8) is 0 Å². The summed E-state index contributed by atoms with van der Waals surface area (Å²) in [6.45, 7) is 12.7. The predicted octanol–water partition coefficient (Wildman–Crippen LogP) is 4.25. The van der Waals surface area contributed by atoms with E-state index < -0.39 is 6.10 Å². The average Bonchev–Trinajstić information content (AvgIpc) is 2.79. The number of fused-ring (bicyclic) bond motifs is 1. The molecular formula is C20H32O2. The molecule has 0 spiro atoms. The van der Waals surface area contributed by atoms with Gasteiger partial charge in [0.25, 0.3) is 0 Å². The lowest BCUT2D eigenvalue weighted by Crippen LogP contribution is -2.34. The number of aliphatic hydroxyl groups is 2. The zero-order valence-corrected chi connectivity index (χ0v) is 14.5. The molecule has 0 heterocycles. The van der Waals surface area contributed by atoms with Crippen LogP contribution in [0.5, 0.6) is 0 Å². The van der Waals surface area contributed by atoms with E-state index >= 15 is 0 Å². The molecule has 2 aliphatic rings. The van der Waals surface area contributed by atoms with Crippen LogP contribution in [0.25, 0.3) is 0 Å². The van der Waals surface area contributed by atoms with Crippen LogP contribution in [0, 0.1) is 23.7 Å². The lowest BCUT2D eigenvalue weighted by Gasteiger charge is -2.32. The van der Waals surface area contributed by atoms with Gasteiger partial charge in [-0.1, -0.05) is 36.8 Å². The molecule has 22 heavy (non-hydrogen) atoms. The maximum absolute atomic E-state index is 11.0. The van der Waals surface area contributed by atoms with Gasteiger partial charge in [0.2, 0.25) is 0 Å². The van der Waals surface area contributed by atoms with Gasteiger partial charge in [0, 0.05) is 5.92 Å². The van der Waals surface area contributed by atoms with Crippen molar-refractivity contribution >= 4 is 0 Å². The van der Waals surface area contributed by atoms with E-state index in [1.165, 1.54) is 11.1 Å². The fraction of sp³-hybridized carbons (Fsp3) is 0.700. The molecule has 0 radical (unpaired) electrons. The minimum Gasteiger partial charge on any atom is -0.392 e. The molecule has 1 fully saturated rings. The van der Waals surface area contributed by atoms with Crippen LogP contribution in [-0.4, -0.2) is 22.4 Å². The molecule has 0 amide bonds. The van der Waals surface area contributed by atoms with E-state index in [2.05, 4.69) is 46.4 Å². The fourth-order valence-corrected chi connectivity index (χ4v) is 4.28. The molecule has 2 nitrogen and oxygen atoms in total. The Kier molecular flexibility index (Phi) is 5.68. The van der Waals surface area contributed by atoms with Gasteiger partial charge in [-0.3, -0.25) is 0 Å². The average molecular weight is 304 g/mol. The maximum Gasteiger partial charge on any atom is 0.0754 e. The van der Waals surface area contributed by atoms with Gasteiger partial charge in [-0.2, -0.15) is 0 Å². The summed E-state index contributed by atoms with van der Waals surface area (Å²) in [4.78, 5) is 0. The summed E-state index contributed by atoms with van der Waals surface area (Å²) in [5.41, 5.74) is 3.54. The maximum atomic E-state index is 11.0. The Hall–Kier alpha value is -0.860. The first-order chi connectivity index (χ1) is 10.3. The molecule has 0 aromatic rings. The third kappa shape index (κ3) is 3.55. The first-order valence-electron chi connectivity index (χ1n) is 8.67. The number of hydrogen-bond acceptors (Lipinski definition) is 2. The lowest BCUT2D eigenvalue weighted by atomic mass is 9.76. The largest absolute Gasteiger partial charge is 0.392 e. The molecule has 0 aliphatic heterocycles. The molecule has 6 atom stereocenters. The van der Waals surface area contributed by atoms with E-state index in [0.717, 1.165) is 24.8 Å². The zero-order chi connectivity index (χ0) is 16.4. The Morgan fingerprint density at radius 3 is 2.73 bits per heavy atom. The molecule has 2 heteroatoms. The summed E-state index contributed by atoms with van der Waals surface area (Å²) < 4.78 is 0. The van der Waals surface area contributed by atoms with Crippen molar-refractivity contribution < 1.29 is 10.2 Å².